The lowest BCUT2D eigenvalue weighted by Gasteiger charge is -2.26. The van der Waals surface area contributed by atoms with E-state index in [1.165, 1.54) is 25.7 Å². The Morgan fingerprint density at radius 2 is 2.30 bits per heavy atom. The highest BCUT2D eigenvalue weighted by molar-refractivity contribution is 4.86. The normalized spacial score (nSPS) is 33.7. The highest BCUT2D eigenvalue weighted by Crippen LogP contribution is 2.24. The predicted molar refractivity (Wildman–Crippen MR) is 45.0 cm³/mol. The van der Waals surface area contributed by atoms with Crippen LogP contribution in [0.1, 0.15) is 25.7 Å². The molecule has 0 bridgehead atoms. The third-order valence-corrected chi connectivity index (χ3v) is 2.46. The van der Waals surface area contributed by atoms with E-state index in [0.29, 0.717) is 0 Å². The van der Waals surface area contributed by atoms with E-state index in [1.54, 1.807) is 0 Å². The monoisotopic (exact) mass is 139 g/mol. The fourth-order valence-corrected chi connectivity index (χ4v) is 1.70. The first-order valence-electron chi connectivity index (χ1n) is 4.16. The molecule has 0 heterocycles. The van der Waals surface area contributed by atoms with Crippen LogP contribution >= 0.6 is 0 Å². The van der Waals surface area contributed by atoms with E-state index in [9.17, 15) is 0 Å². The molecule has 0 aromatic heterocycles. The Balaban J connectivity index is 2.31. The van der Waals surface area contributed by atoms with Crippen molar-refractivity contribution in [3.63, 3.8) is 0 Å². The molecular weight excluding hydrogens is 122 g/mol. The molecule has 10 heavy (non-hydrogen) atoms. The van der Waals surface area contributed by atoms with Crippen molar-refractivity contribution in [2.45, 2.75) is 31.7 Å². The number of allylic oxidation sites excluding steroid dienone is 1. The van der Waals surface area contributed by atoms with Crippen LogP contribution < -0.4 is 5.32 Å². The predicted octanol–water partition coefficient (Wildman–Crippen LogP) is 1.95. The molecule has 1 saturated carbocycles. The fraction of sp³-hybridized carbons (Fsp3) is 0.778. The molecule has 1 fully saturated rings. The van der Waals surface area contributed by atoms with Crippen LogP contribution in [-0.4, -0.2) is 13.1 Å². The van der Waals surface area contributed by atoms with E-state index >= 15 is 0 Å². The Morgan fingerprint density at radius 1 is 1.50 bits per heavy atom. The van der Waals surface area contributed by atoms with Gasteiger partial charge in [0.25, 0.3) is 0 Å². The molecule has 0 aliphatic heterocycles. The van der Waals surface area contributed by atoms with Gasteiger partial charge >= 0.3 is 0 Å². The summed E-state index contributed by atoms with van der Waals surface area (Å²) in [6, 6.07) is 0.747. The van der Waals surface area contributed by atoms with Crippen LogP contribution in [0.4, 0.5) is 0 Å². The fourth-order valence-electron chi connectivity index (χ4n) is 1.70. The van der Waals surface area contributed by atoms with Gasteiger partial charge in [-0.1, -0.05) is 12.5 Å². The maximum atomic E-state index is 3.83. The highest BCUT2D eigenvalue weighted by Gasteiger charge is 2.17. The highest BCUT2D eigenvalue weighted by atomic mass is 14.9. The van der Waals surface area contributed by atoms with Gasteiger partial charge in [0, 0.05) is 6.04 Å². The maximum Gasteiger partial charge on any atom is 0.00696 e. The summed E-state index contributed by atoms with van der Waals surface area (Å²) in [4.78, 5) is 0. The first-order chi connectivity index (χ1) is 4.86. The zero-order valence-corrected chi connectivity index (χ0v) is 6.77. The molecule has 1 nitrogen and oxygen atoms in total. The van der Waals surface area contributed by atoms with E-state index in [-0.39, 0.29) is 0 Å². The van der Waals surface area contributed by atoms with E-state index in [0.717, 1.165) is 12.0 Å². The smallest absolute Gasteiger partial charge is 0.00696 e. The Labute approximate surface area is 63.5 Å². The summed E-state index contributed by atoms with van der Waals surface area (Å²) >= 11 is 0. The zero-order chi connectivity index (χ0) is 7.40. The molecule has 0 spiro atoms. The lowest BCUT2D eigenvalue weighted by Crippen LogP contribution is -2.30. The topological polar surface area (TPSA) is 12.0 Å². The molecule has 0 amide bonds. The van der Waals surface area contributed by atoms with Gasteiger partial charge in [0.1, 0.15) is 0 Å². The molecule has 58 valence electrons. The Hall–Kier alpha value is -0.300. The molecule has 0 aromatic rings. The summed E-state index contributed by atoms with van der Waals surface area (Å²) in [7, 11) is 2.05. The maximum absolute atomic E-state index is 3.83. The molecule has 1 aliphatic rings. The van der Waals surface area contributed by atoms with Crippen molar-refractivity contribution in [2.24, 2.45) is 5.92 Å². The van der Waals surface area contributed by atoms with Gasteiger partial charge < -0.3 is 5.32 Å². The third-order valence-electron chi connectivity index (χ3n) is 2.46. The average Bonchev–Trinajstić information content (AvgIpc) is 2.05. The molecule has 0 saturated heterocycles. The first-order valence-corrected chi connectivity index (χ1v) is 4.16. The summed E-state index contributed by atoms with van der Waals surface area (Å²) in [6.45, 7) is 3.83. The standard InChI is InChI=1S/C9H17N/c1-3-8-5-4-6-9(7-8)10-2/h3,8-10H,1,4-7H2,2H3. The van der Waals surface area contributed by atoms with Crippen molar-refractivity contribution >= 4 is 0 Å². The van der Waals surface area contributed by atoms with Crippen LogP contribution in [0.25, 0.3) is 0 Å². The minimum Gasteiger partial charge on any atom is -0.317 e. The molecule has 0 aromatic carbocycles. The summed E-state index contributed by atoms with van der Waals surface area (Å²) in [6.07, 6.45) is 7.45. The van der Waals surface area contributed by atoms with Crippen molar-refractivity contribution in [1.29, 1.82) is 0 Å². The van der Waals surface area contributed by atoms with E-state index in [2.05, 4.69) is 25.0 Å². The average molecular weight is 139 g/mol. The lowest BCUT2D eigenvalue weighted by molar-refractivity contribution is 0.338. The molecule has 1 heteroatoms. The summed E-state index contributed by atoms with van der Waals surface area (Å²) in [5, 5.41) is 3.32. The van der Waals surface area contributed by atoms with Gasteiger partial charge in [0.15, 0.2) is 0 Å². The second kappa shape index (κ2) is 3.77. The zero-order valence-electron chi connectivity index (χ0n) is 6.77. The van der Waals surface area contributed by atoms with E-state index in [4.69, 9.17) is 0 Å². The molecule has 2 unspecified atom stereocenters. The lowest BCUT2D eigenvalue weighted by atomic mass is 9.86. The largest absolute Gasteiger partial charge is 0.317 e. The van der Waals surface area contributed by atoms with E-state index < -0.39 is 0 Å². The number of nitrogens with one attached hydrogen (secondary N) is 1. The number of hydrogen-bond acceptors (Lipinski definition) is 1. The van der Waals surface area contributed by atoms with Crippen LogP contribution in [0.15, 0.2) is 12.7 Å². The molecule has 1 rings (SSSR count). The van der Waals surface area contributed by atoms with Crippen molar-refractivity contribution in [2.75, 3.05) is 7.05 Å². The molecule has 2 atom stereocenters. The summed E-state index contributed by atoms with van der Waals surface area (Å²) in [5.41, 5.74) is 0. The van der Waals surface area contributed by atoms with Crippen LogP contribution in [0.5, 0.6) is 0 Å². The Kier molecular flexibility index (Phi) is 2.94. The minimum atomic E-state index is 0.747. The van der Waals surface area contributed by atoms with Crippen LogP contribution in [0.3, 0.4) is 0 Å². The van der Waals surface area contributed by atoms with Crippen LogP contribution in [0, 0.1) is 5.92 Å². The molecule has 0 radical (unpaired) electrons. The van der Waals surface area contributed by atoms with Crippen molar-refractivity contribution < 1.29 is 0 Å². The molecule has 1 aliphatic carbocycles. The molecular formula is C9H17N. The Morgan fingerprint density at radius 3 is 2.90 bits per heavy atom. The van der Waals surface area contributed by atoms with Crippen LogP contribution in [0.2, 0.25) is 0 Å². The first kappa shape index (κ1) is 7.80. The SMILES string of the molecule is C=CC1CCCC(NC)C1. The van der Waals surface area contributed by atoms with Gasteiger partial charge in [-0.05, 0) is 32.2 Å². The van der Waals surface area contributed by atoms with Gasteiger partial charge in [-0.3, -0.25) is 0 Å². The van der Waals surface area contributed by atoms with Crippen LogP contribution in [-0.2, 0) is 0 Å². The van der Waals surface area contributed by atoms with Gasteiger partial charge in [0.2, 0.25) is 0 Å². The Bertz CT molecular complexity index is 109. The molecule has 1 N–H and O–H groups in total. The summed E-state index contributed by atoms with van der Waals surface area (Å²) < 4.78 is 0. The van der Waals surface area contributed by atoms with Gasteiger partial charge in [0.05, 0.1) is 0 Å². The van der Waals surface area contributed by atoms with Gasteiger partial charge in [-0.15, -0.1) is 6.58 Å². The van der Waals surface area contributed by atoms with Gasteiger partial charge in [-0.2, -0.15) is 0 Å². The quantitative estimate of drug-likeness (QED) is 0.577. The third kappa shape index (κ3) is 1.84. The summed E-state index contributed by atoms with van der Waals surface area (Å²) in [5.74, 6) is 0.770. The van der Waals surface area contributed by atoms with Crippen molar-refractivity contribution in [3.8, 4) is 0 Å². The van der Waals surface area contributed by atoms with Crippen molar-refractivity contribution in [3.05, 3.63) is 12.7 Å². The van der Waals surface area contributed by atoms with Crippen molar-refractivity contribution in [1.82, 2.24) is 5.32 Å². The minimum absolute atomic E-state index is 0.747. The van der Waals surface area contributed by atoms with Gasteiger partial charge in [-0.25, -0.2) is 0 Å². The second-order valence-corrected chi connectivity index (χ2v) is 3.15. The number of hydrogen-bond donors (Lipinski definition) is 1. The number of rotatable bonds is 2. The second-order valence-electron chi connectivity index (χ2n) is 3.15. The van der Waals surface area contributed by atoms with E-state index in [1.807, 2.05) is 0 Å².